The number of amides is 1. The molecule has 134 valence electrons. The number of nitro groups is 1. The van der Waals surface area contributed by atoms with Crippen molar-refractivity contribution in [2.75, 3.05) is 13.1 Å². The zero-order valence-electron chi connectivity index (χ0n) is 13.7. The van der Waals surface area contributed by atoms with Crippen molar-refractivity contribution >= 4 is 34.9 Å². The van der Waals surface area contributed by atoms with Gasteiger partial charge in [0.25, 0.3) is 5.69 Å². The third-order valence-corrected chi connectivity index (χ3v) is 5.57. The predicted molar refractivity (Wildman–Crippen MR) is 96.7 cm³/mol. The molecule has 25 heavy (non-hydrogen) atoms. The van der Waals surface area contributed by atoms with E-state index < -0.39 is 4.92 Å². The normalized spacial score (nSPS) is 25.0. The molecule has 3 unspecified atom stereocenters. The molecular weight excluding hydrogens is 344 g/mol. The molecule has 1 aliphatic heterocycles. The lowest BCUT2D eigenvalue weighted by Crippen LogP contribution is -2.34. The molecule has 0 radical (unpaired) electrons. The van der Waals surface area contributed by atoms with Gasteiger partial charge in [-0.2, -0.15) is 0 Å². The minimum absolute atomic E-state index is 0. The van der Waals surface area contributed by atoms with Crippen LogP contribution in [-0.2, 0) is 11.2 Å². The second-order valence-electron chi connectivity index (χ2n) is 6.94. The Bertz CT molecular complexity index is 821. The number of nitrogens with two attached hydrogens (primary N) is 1. The van der Waals surface area contributed by atoms with Crippen LogP contribution >= 0.6 is 12.4 Å². The molecule has 3 N–H and O–H groups in total. The van der Waals surface area contributed by atoms with Gasteiger partial charge in [0, 0.05) is 48.4 Å². The lowest BCUT2D eigenvalue weighted by molar-refractivity contribution is -0.384. The Balaban J connectivity index is 0.00000182. The van der Waals surface area contributed by atoms with Gasteiger partial charge < -0.3 is 15.6 Å². The number of aromatic nitrogens is 1. The number of H-pyrrole nitrogens is 1. The summed E-state index contributed by atoms with van der Waals surface area (Å²) in [7, 11) is 0. The zero-order valence-corrected chi connectivity index (χ0v) is 14.5. The van der Waals surface area contributed by atoms with Gasteiger partial charge >= 0.3 is 0 Å². The number of aromatic amines is 1. The van der Waals surface area contributed by atoms with Crippen molar-refractivity contribution in [3.63, 3.8) is 0 Å². The van der Waals surface area contributed by atoms with Gasteiger partial charge in [-0.25, -0.2) is 0 Å². The van der Waals surface area contributed by atoms with Crippen LogP contribution in [-0.4, -0.2) is 39.8 Å². The summed E-state index contributed by atoms with van der Waals surface area (Å²) in [5, 5.41) is 11.7. The first-order chi connectivity index (χ1) is 11.5. The van der Waals surface area contributed by atoms with Crippen LogP contribution < -0.4 is 5.73 Å². The SMILES string of the molecule is Cl.NC1CCC2CN(C(=O)Cc3c[nH]c4ccc([N+](=O)[O-])cc34)CC12. The van der Waals surface area contributed by atoms with Crippen LogP contribution in [0.25, 0.3) is 10.9 Å². The summed E-state index contributed by atoms with van der Waals surface area (Å²) in [6.45, 7) is 1.53. The van der Waals surface area contributed by atoms with Crippen LogP contribution in [0, 0.1) is 22.0 Å². The number of likely N-dealkylation sites (tertiary alicyclic amines) is 1. The number of nitrogens with zero attached hydrogens (tertiary/aromatic N) is 2. The van der Waals surface area contributed by atoms with E-state index in [1.807, 2.05) is 4.90 Å². The average molecular weight is 365 g/mol. The number of hydrogen-bond donors (Lipinski definition) is 2. The molecule has 2 aliphatic rings. The van der Waals surface area contributed by atoms with E-state index in [4.69, 9.17) is 5.73 Å². The number of nitro benzene ring substituents is 1. The van der Waals surface area contributed by atoms with Crippen molar-refractivity contribution in [3.8, 4) is 0 Å². The monoisotopic (exact) mass is 364 g/mol. The zero-order chi connectivity index (χ0) is 16.8. The molecule has 0 spiro atoms. The largest absolute Gasteiger partial charge is 0.361 e. The van der Waals surface area contributed by atoms with E-state index in [0.29, 0.717) is 11.8 Å². The summed E-state index contributed by atoms with van der Waals surface area (Å²) in [6, 6.07) is 4.89. The Morgan fingerprint density at radius 1 is 1.36 bits per heavy atom. The topological polar surface area (TPSA) is 105 Å². The Morgan fingerprint density at radius 3 is 2.88 bits per heavy atom. The van der Waals surface area contributed by atoms with Gasteiger partial charge in [-0.15, -0.1) is 12.4 Å². The second kappa shape index (κ2) is 6.65. The van der Waals surface area contributed by atoms with E-state index in [0.717, 1.165) is 42.4 Å². The molecule has 2 fully saturated rings. The summed E-state index contributed by atoms with van der Waals surface area (Å²) in [4.78, 5) is 28.2. The Hall–Kier alpha value is -2.12. The lowest BCUT2D eigenvalue weighted by Gasteiger charge is -2.18. The average Bonchev–Trinajstić information content (AvgIpc) is 3.24. The molecule has 1 saturated heterocycles. The highest BCUT2D eigenvalue weighted by Gasteiger charge is 2.42. The Labute approximate surface area is 151 Å². The van der Waals surface area contributed by atoms with Crippen molar-refractivity contribution in [1.29, 1.82) is 0 Å². The summed E-state index contributed by atoms with van der Waals surface area (Å²) in [6.07, 6.45) is 4.20. The van der Waals surface area contributed by atoms with E-state index in [1.165, 1.54) is 12.1 Å². The fourth-order valence-electron chi connectivity index (χ4n) is 4.21. The molecule has 1 aromatic carbocycles. The van der Waals surface area contributed by atoms with E-state index in [9.17, 15) is 14.9 Å². The lowest BCUT2D eigenvalue weighted by atomic mass is 9.98. The molecule has 0 bridgehead atoms. The first kappa shape index (κ1) is 17.7. The molecule has 1 saturated carbocycles. The maximum Gasteiger partial charge on any atom is 0.270 e. The summed E-state index contributed by atoms with van der Waals surface area (Å²) >= 11 is 0. The number of non-ortho nitro benzene ring substituents is 1. The highest BCUT2D eigenvalue weighted by Crippen LogP contribution is 2.37. The number of halogens is 1. The maximum absolute atomic E-state index is 12.7. The molecule has 2 aromatic rings. The van der Waals surface area contributed by atoms with E-state index in [-0.39, 0.29) is 36.5 Å². The number of fused-ring (bicyclic) bond motifs is 2. The number of carbonyl (C=O) groups is 1. The maximum atomic E-state index is 12.7. The van der Waals surface area contributed by atoms with Gasteiger partial charge in [0.1, 0.15) is 0 Å². The number of benzene rings is 1. The Kier molecular flexibility index (Phi) is 4.71. The first-order valence-electron chi connectivity index (χ1n) is 8.30. The van der Waals surface area contributed by atoms with Crippen molar-refractivity contribution in [2.24, 2.45) is 17.6 Å². The Morgan fingerprint density at radius 2 is 2.16 bits per heavy atom. The molecule has 4 rings (SSSR count). The molecule has 7 nitrogen and oxygen atoms in total. The van der Waals surface area contributed by atoms with Crippen LogP contribution in [0.2, 0.25) is 0 Å². The predicted octanol–water partition coefficient (Wildman–Crippen LogP) is 2.24. The second-order valence-corrected chi connectivity index (χ2v) is 6.94. The minimum atomic E-state index is -0.416. The fourth-order valence-corrected chi connectivity index (χ4v) is 4.21. The van der Waals surface area contributed by atoms with Crippen LogP contribution in [0.4, 0.5) is 5.69 Å². The quantitative estimate of drug-likeness (QED) is 0.643. The van der Waals surface area contributed by atoms with E-state index >= 15 is 0 Å². The number of nitrogens with one attached hydrogen (secondary N) is 1. The van der Waals surface area contributed by atoms with Crippen molar-refractivity contribution in [3.05, 3.63) is 40.1 Å². The van der Waals surface area contributed by atoms with Gasteiger partial charge in [-0.05, 0) is 36.3 Å². The smallest absolute Gasteiger partial charge is 0.270 e. The molecule has 2 heterocycles. The number of hydrogen-bond acceptors (Lipinski definition) is 4. The van der Waals surface area contributed by atoms with Crippen molar-refractivity contribution < 1.29 is 9.72 Å². The number of carbonyl (C=O) groups excluding carboxylic acids is 1. The van der Waals surface area contributed by atoms with Gasteiger partial charge in [0.05, 0.1) is 11.3 Å². The van der Waals surface area contributed by atoms with Crippen molar-refractivity contribution in [2.45, 2.75) is 25.3 Å². The molecule has 1 aliphatic carbocycles. The third-order valence-electron chi connectivity index (χ3n) is 5.57. The van der Waals surface area contributed by atoms with Gasteiger partial charge in [-0.1, -0.05) is 0 Å². The minimum Gasteiger partial charge on any atom is -0.361 e. The molecule has 8 heteroatoms. The van der Waals surface area contributed by atoms with Crippen LogP contribution in [0.3, 0.4) is 0 Å². The van der Waals surface area contributed by atoms with E-state index in [2.05, 4.69) is 4.98 Å². The van der Waals surface area contributed by atoms with Gasteiger partial charge in [-0.3, -0.25) is 14.9 Å². The van der Waals surface area contributed by atoms with Crippen LogP contribution in [0.1, 0.15) is 18.4 Å². The third kappa shape index (κ3) is 3.09. The molecular formula is C17H21ClN4O3. The first-order valence-corrected chi connectivity index (χ1v) is 8.30. The highest BCUT2D eigenvalue weighted by atomic mass is 35.5. The van der Waals surface area contributed by atoms with E-state index in [1.54, 1.807) is 12.3 Å². The summed E-state index contributed by atoms with van der Waals surface area (Å²) in [5.74, 6) is 1.04. The van der Waals surface area contributed by atoms with Crippen LogP contribution in [0.5, 0.6) is 0 Å². The summed E-state index contributed by atoms with van der Waals surface area (Å²) in [5.41, 5.74) is 7.78. The number of rotatable bonds is 3. The fraction of sp³-hybridized carbons (Fsp3) is 0.471. The summed E-state index contributed by atoms with van der Waals surface area (Å²) < 4.78 is 0. The molecule has 1 aromatic heterocycles. The van der Waals surface area contributed by atoms with Gasteiger partial charge in [0.2, 0.25) is 5.91 Å². The molecule has 3 atom stereocenters. The van der Waals surface area contributed by atoms with Gasteiger partial charge in [0.15, 0.2) is 0 Å². The molecule has 1 amide bonds. The standard InChI is InChI=1S/C17H20N4O3.ClH/c18-15-3-1-10-8-20(9-14(10)15)17(22)5-11-7-19-16-4-2-12(21(23)24)6-13(11)16;/h2,4,6-7,10,14-15,19H,1,3,5,8-9,18H2;1H. The highest BCUT2D eigenvalue weighted by molar-refractivity contribution is 5.90. The van der Waals surface area contributed by atoms with Crippen LogP contribution in [0.15, 0.2) is 24.4 Å². The van der Waals surface area contributed by atoms with Crippen molar-refractivity contribution in [1.82, 2.24) is 9.88 Å².